The number of nitrogens with two attached hydrogens (primary N) is 1. The number of ether oxygens (including phenoxy) is 1. The van der Waals surface area contributed by atoms with Crippen molar-refractivity contribution in [3.63, 3.8) is 0 Å². The second-order valence-corrected chi connectivity index (χ2v) is 7.92. The molecule has 2 aromatic carbocycles. The molecule has 4 rings (SSSR count). The van der Waals surface area contributed by atoms with Crippen LogP contribution in [0, 0.1) is 0 Å². The van der Waals surface area contributed by atoms with Gasteiger partial charge < -0.3 is 10.5 Å². The van der Waals surface area contributed by atoms with Gasteiger partial charge in [-0.3, -0.25) is 9.69 Å². The van der Waals surface area contributed by atoms with Crippen molar-refractivity contribution < 1.29 is 9.53 Å². The minimum absolute atomic E-state index is 0.225. The van der Waals surface area contributed by atoms with Crippen molar-refractivity contribution in [2.24, 2.45) is 5.73 Å². The summed E-state index contributed by atoms with van der Waals surface area (Å²) in [5.74, 6) is 0.572. The van der Waals surface area contributed by atoms with Crippen LogP contribution in [0.25, 0.3) is 10.2 Å². The molecule has 6 heteroatoms. The van der Waals surface area contributed by atoms with Crippen LogP contribution in [-0.4, -0.2) is 34.9 Å². The molecule has 1 aromatic heterocycles. The van der Waals surface area contributed by atoms with Crippen LogP contribution < -0.4 is 10.5 Å². The van der Waals surface area contributed by atoms with E-state index < -0.39 is 0 Å². The van der Waals surface area contributed by atoms with Crippen molar-refractivity contribution in [1.29, 1.82) is 0 Å². The molecule has 0 bridgehead atoms. The quantitative estimate of drug-likeness (QED) is 0.609. The number of hydrogen-bond acceptors (Lipinski definition) is 5. The molecule has 1 aliphatic rings. The van der Waals surface area contributed by atoms with Gasteiger partial charge in [-0.05, 0) is 49.1 Å². The first-order chi connectivity index (χ1) is 13.2. The van der Waals surface area contributed by atoms with Gasteiger partial charge in [-0.1, -0.05) is 35.6 Å². The van der Waals surface area contributed by atoms with E-state index in [9.17, 15) is 4.79 Å². The van der Waals surface area contributed by atoms with Crippen molar-refractivity contribution in [2.45, 2.75) is 31.7 Å². The average molecular weight is 382 g/mol. The van der Waals surface area contributed by atoms with Crippen LogP contribution in [0.5, 0.6) is 10.9 Å². The molecule has 0 radical (unpaired) electrons. The summed E-state index contributed by atoms with van der Waals surface area (Å²) >= 11 is 1.55. The SMILES string of the molecule is NC(=O)CCN(CCc1ccc(Oc2nc3ccccc3s2)cc1)C1CC1. The number of thiazole rings is 1. The third-order valence-corrected chi connectivity index (χ3v) is 5.71. The van der Waals surface area contributed by atoms with Crippen LogP contribution in [0.4, 0.5) is 0 Å². The van der Waals surface area contributed by atoms with E-state index in [0.717, 1.165) is 35.5 Å². The van der Waals surface area contributed by atoms with Crippen LogP contribution in [0.3, 0.4) is 0 Å². The zero-order chi connectivity index (χ0) is 18.6. The number of amides is 1. The molecule has 140 valence electrons. The lowest BCUT2D eigenvalue weighted by atomic mass is 10.1. The van der Waals surface area contributed by atoms with Gasteiger partial charge in [-0.15, -0.1) is 0 Å². The first kappa shape index (κ1) is 17.9. The van der Waals surface area contributed by atoms with Gasteiger partial charge in [0.2, 0.25) is 5.91 Å². The van der Waals surface area contributed by atoms with Crippen LogP contribution >= 0.6 is 11.3 Å². The van der Waals surface area contributed by atoms with Gasteiger partial charge in [0, 0.05) is 25.6 Å². The number of nitrogens with zero attached hydrogens (tertiary/aromatic N) is 2. The van der Waals surface area contributed by atoms with Crippen molar-refractivity contribution in [2.75, 3.05) is 13.1 Å². The van der Waals surface area contributed by atoms with Gasteiger partial charge in [0.1, 0.15) is 5.75 Å². The van der Waals surface area contributed by atoms with E-state index in [1.807, 2.05) is 36.4 Å². The Bertz CT molecular complexity index is 886. The molecule has 1 aliphatic carbocycles. The molecule has 1 heterocycles. The van der Waals surface area contributed by atoms with Crippen molar-refractivity contribution in [1.82, 2.24) is 9.88 Å². The van der Waals surface area contributed by atoms with Gasteiger partial charge in [-0.2, -0.15) is 0 Å². The zero-order valence-corrected chi connectivity index (χ0v) is 16.0. The van der Waals surface area contributed by atoms with E-state index in [-0.39, 0.29) is 5.91 Å². The fraction of sp³-hybridized carbons (Fsp3) is 0.333. The maximum atomic E-state index is 11.0. The molecule has 0 spiro atoms. The van der Waals surface area contributed by atoms with Crippen LogP contribution in [0.1, 0.15) is 24.8 Å². The number of para-hydroxylation sites is 1. The summed E-state index contributed by atoms with van der Waals surface area (Å²) in [5, 5.41) is 0.662. The van der Waals surface area contributed by atoms with Crippen LogP contribution in [0.2, 0.25) is 0 Å². The van der Waals surface area contributed by atoms with E-state index >= 15 is 0 Å². The molecule has 2 N–H and O–H groups in total. The highest BCUT2D eigenvalue weighted by atomic mass is 32.1. The summed E-state index contributed by atoms with van der Waals surface area (Å²) in [4.78, 5) is 17.9. The molecule has 3 aromatic rings. The second-order valence-electron chi connectivity index (χ2n) is 6.93. The maximum absolute atomic E-state index is 11.0. The summed E-state index contributed by atoms with van der Waals surface area (Å²) in [6.07, 6.45) is 3.85. The lowest BCUT2D eigenvalue weighted by molar-refractivity contribution is -0.118. The molecule has 5 nitrogen and oxygen atoms in total. The Labute approximate surface area is 162 Å². The molecular weight excluding hydrogens is 358 g/mol. The summed E-state index contributed by atoms with van der Waals surface area (Å²) in [5.41, 5.74) is 7.51. The fourth-order valence-corrected chi connectivity index (χ4v) is 4.00. The lowest BCUT2D eigenvalue weighted by Gasteiger charge is -2.21. The molecule has 27 heavy (non-hydrogen) atoms. The molecule has 1 fully saturated rings. The van der Waals surface area contributed by atoms with Crippen molar-refractivity contribution in [3.8, 4) is 10.9 Å². The zero-order valence-electron chi connectivity index (χ0n) is 15.1. The number of hydrogen-bond donors (Lipinski definition) is 1. The standard InChI is InChI=1S/C21H23N3O2S/c22-20(25)12-14-24(16-7-8-16)13-11-15-5-9-17(10-6-15)26-21-23-18-3-1-2-4-19(18)27-21/h1-6,9-10,16H,7-8,11-14H2,(H2,22,25). The van der Waals surface area contributed by atoms with Gasteiger partial charge in [0.25, 0.3) is 5.19 Å². The number of benzene rings is 2. The molecule has 0 atom stereocenters. The summed E-state index contributed by atoms with van der Waals surface area (Å²) in [6.45, 7) is 1.72. The van der Waals surface area contributed by atoms with E-state index in [2.05, 4.69) is 22.0 Å². The van der Waals surface area contributed by atoms with Gasteiger partial charge in [0.05, 0.1) is 10.2 Å². The number of carbonyl (C=O) groups excluding carboxylic acids is 1. The highest BCUT2D eigenvalue weighted by Crippen LogP contribution is 2.31. The van der Waals surface area contributed by atoms with E-state index in [4.69, 9.17) is 10.5 Å². The third kappa shape index (κ3) is 4.84. The monoisotopic (exact) mass is 381 g/mol. The first-order valence-electron chi connectivity index (χ1n) is 9.32. The van der Waals surface area contributed by atoms with Crippen molar-refractivity contribution >= 4 is 27.5 Å². The minimum atomic E-state index is -0.225. The molecule has 0 saturated heterocycles. The Morgan fingerprint density at radius 3 is 2.63 bits per heavy atom. The normalized spacial score (nSPS) is 14.0. The highest BCUT2D eigenvalue weighted by molar-refractivity contribution is 7.20. The first-order valence-corrected chi connectivity index (χ1v) is 10.1. The Morgan fingerprint density at radius 1 is 1.15 bits per heavy atom. The van der Waals surface area contributed by atoms with E-state index in [0.29, 0.717) is 17.7 Å². The Morgan fingerprint density at radius 2 is 1.93 bits per heavy atom. The number of carbonyl (C=O) groups is 1. The average Bonchev–Trinajstić information content (AvgIpc) is 3.42. The van der Waals surface area contributed by atoms with Crippen LogP contribution in [-0.2, 0) is 11.2 Å². The lowest BCUT2D eigenvalue weighted by Crippen LogP contribution is -2.32. The fourth-order valence-electron chi connectivity index (χ4n) is 3.16. The molecule has 0 aliphatic heterocycles. The smallest absolute Gasteiger partial charge is 0.279 e. The van der Waals surface area contributed by atoms with Gasteiger partial charge in [0.15, 0.2) is 0 Å². The largest absolute Gasteiger partial charge is 0.431 e. The van der Waals surface area contributed by atoms with Gasteiger partial charge >= 0.3 is 0 Å². The summed E-state index contributed by atoms with van der Waals surface area (Å²) in [6, 6.07) is 16.8. The predicted molar refractivity (Wildman–Crippen MR) is 108 cm³/mol. The minimum Gasteiger partial charge on any atom is -0.431 e. The maximum Gasteiger partial charge on any atom is 0.279 e. The van der Waals surface area contributed by atoms with Crippen LogP contribution in [0.15, 0.2) is 48.5 Å². The number of aromatic nitrogens is 1. The molecule has 1 saturated carbocycles. The Kier molecular flexibility index (Phi) is 5.36. The molecular formula is C21H23N3O2S. The van der Waals surface area contributed by atoms with E-state index in [1.54, 1.807) is 11.3 Å². The highest BCUT2D eigenvalue weighted by Gasteiger charge is 2.28. The molecule has 1 amide bonds. The summed E-state index contributed by atoms with van der Waals surface area (Å²) < 4.78 is 7.03. The summed E-state index contributed by atoms with van der Waals surface area (Å²) in [7, 11) is 0. The van der Waals surface area contributed by atoms with Crippen molar-refractivity contribution in [3.05, 3.63) is 54.1 Å². The number of rotatable bonds is 9. The predicted octanol–water partition coefficient (Wildman–Crippen LogP) is 3.97. The van der Waals surface area contributed by atoms with Gasteiger partial charge in [-0.25, -0.2) is 4.98 Å². The third-order valence-electron chi connectivity index (χ3n) is 4.80. The van der Waals surface area contributed by atoms with E-state index in [1.165, 1.54) is 18.4 Å². The topological polar surface area (TPSA) is 68.5 Å². The number of fused-ring (bicyclic) bond motifs is 1. The number of primary amides is 1. The Hall–Kier alpha value is -2.44. The Balaban J connectivity index is 1.33. The molecule has 0 unspecified atom stereocenters. The second kappa shape index (κ2) is 8.06.